The van der Waals surface area contributed by atoms with Gasteiger partial charge < -0.3 is 9.47 Å². The molecule has 2 aliphatic heterocycles. The van der Waals surface area contributed by atoms with Gasteiger partial charge in [0, 0.05) is 19.1 Å². The van der Waals surface area contributed by atoms with Crippen molar-refractivity contribution in [2.75, 3.05) is 33.4 Å². The summed E-state index contributed by atoms with van der Waals surface area (Å²) in [5.41, 5.74) is 0. The van der Waals surface area contributed by atoms with E-state index in [4.69, 9.17) is 9.47 Å². The predicted octanol–water partition coefficient (Wildman–Crippen LogP) is 0.370. The molecule has 1 aliphatic carbocycles. The SMILES string of the molecule is COC(=O)[C@@H]1C[C@H]2CCCC[C@H]2N1S(=O)(=O)N1CCOCC1. The summed E-state index contributed by atoms with van der Waals surface area (Å²) < 4.78 is 39.1. The molecule has 1 saturated carbocycles. The number of carbonyl (C=O) groups excluding carboxylic acids is 1. The van der Waals surface area contributed by atoms with Crippen molar-refractivity contribution in [3.8, 4) is 0 Å². The van der Waals surface area contributed by atoms with E-state index in [1.54, 1.807) is 0 Å². The maximum absolute atomic E-state index is 13.1. The average Bonchev–Trinajstić information content (AvgIpc) is 2.95. The summed E-state index contributed by atoms with van der Waals surface area (Å²) in [6.07, 6.45) is 4.54. The Morgan fingerprint density at radius 2 is 1.86 bits per heavy atom. The zero-order valence-corrected chi connectivity index (χ0v) is 13.8. The normalized spacial score (nSPS) is 34.3. The van der Waals surface area contributed by atoms with Crippen LogP contribution in [0.2, 0.25) is 0 Å². The lowest BCUT2D eigenvalue weighted by Crippen LogP contribution is -2.54. The van der Waals surface area contributed by atoms with E-state index in [0.717, 1.165) is 25.7 Å². The molecule has 0 aromatic heterocycles. The van der Waals surface area contributed by atoms with Gasteiger partial charge in [0.2, 0.25) is 0 Å². The minimum absolute atomic E-state index is 0.0642. The number of ether oxygens (including phenoxy) is 2. The van der Waals surface area contributed by atoms with Crippen molar-refractivity contribution in [2.45, 2.75) is 44.2 Å². The van der Waals surface area contributed by atoms with Crippen molar-refractivity contribution in [1.82, 2.24) is 8.61 Å². The van der Waals surface area contributed by atoms with E-state index in [0.29, 0.717) is 32.7 Å². The van der Waals surface area contributed by atoms with Gasteiger partial charge in [-0.3, -0.25) is 4.79 Å². The van der Waals surface area contributed by atoms with Crippen LogP contribution in [-0.4, -0.2) is 68.5 Å². The maximum atomic E-state index is 13.1. The summed E-state index contributed by atoms with van der Waals surface area (Å²) in [6.45, 7) is 1.52. The van der Waals surface area contributed by atoms with Gasteiger partial charge in [0.25, 0.3) is 10.2 Å². The lowest BCUT2D eigenvalue weighted by molar-refractivity contribution is -0.144. The lowest BCUT2D eigenvalue weighted by atomic mass is 9.85. The number of hydrogen-bond donors (Lipinski definition) is 0. The van der Waals surface area contributed by atoms with E-state index in [1.807, 2.05) is 0 Å². The molecule has 2 saturated heterocycles. The molecule has 0 unspecified atom stereocenters. The molecule has 22 heavy (non-hydrogen) atoms. The molecule has 0 aromatic rings. The van der Waals surface area contributed by atoms with Gasteiger partial charge in [0.05, 0.1) is 20.3 Å². The average molecular weight is 332 g/mol. The highest BCUT2D eigenvalue weighted by Crippen LogP contribution is 2.42. The molecule has 0 N–H and O–H groups in total. The second kappa shape index (κ2) is 6.43. The monoisotopic (exact) mass is 332 g/mol. The van der Waals surface area contributed by atoms with Crippen LogP contribution in [0.5, 0.6) is 0 Å². The summed E-state index contributed by atoms with van der Waals surface area (Å²) in [4.78, 5) is 12.1. The van der Waals surface area contributed by atoms with Gasteiger partial charge in [-0.2, -0.15) is 17.0 Å². The van der Waals surface area contributed by atoms with Crippen molar-refractivity contribution in [2.24, 2.45) is 5.92 Å². The van der Waals surface area contributed by atoms with Crippen molar-refractivity contribution in [3.05, 3.63) is 0 Å². The molecule has 0 spiro atoms. The number of morpholine rings is 1. The fourth-order valence-corrected chi connectivity index (χ4v) is 5.99. The molecule has 0 amide bonds. The third-order valence-electron chi connectivity index (χ3n) is 5.07. The Bertz CT molecular complexity index is 517. The number of rotatable bonds is 3. The highest BCUT2D eigenvalue weighted by atomic mass is 32.2. The van der Waals surface area contributed by atoms with Crippen LogP contribution in [0, 0.1) is 5.92 Å². The third kappa shape index (κ3) is 2.77. The largest absolute Gasteiger partial charge is 0.468 e. The van der Waals surface area contributed by atoms with Gasteiger partial charge >= 0.3 is 5.97 Å². The van der Waals surface area contributed by atoms with Crippen LogP contribution in [0.4, 0.5) is 0 Å². The topological polar surface area (TPSA) is 76.2 Å². The van der Waals surface area contributed by atoms with E-state index in [-0.39, 0.29) is 12.0 Å². The number of esters is 1. The van der Waals surface area contributed by atoms with Crippen LogP contribution >= 0.6 is 0 Å². The van der Waals surface area contributed by atoms with E-state index in [1.165, 1.54) is 15.7 Å². The summed E-state index contributed by atoms with van der Waals surface area (Å²) in [6, 6.07) is -0.739. The number of methoxy groups -OCH3 is 1. The quantitative estimate of drug-likeness (QED) is 0.698. The zero-order valence-electron chi connectivity index (χ0n) is 12.9. The van der Waals surface area contributed by atoms with E-state index < -0.39 is 22.2 Å². The van der Waals surface area contributed by atoms with Crippen molar-refractivity contribution < 1.29 is 22.7 Å². The molecule has 2 heterocycles. The Kier molecular flexibility index (Phi) is 4.72. The number of nitrogens with zero attached hydrogens (tertiary/aromatic N) is 2. The first-order valence-electron chi connectivity index (χ1n) is 8.00. The van der Waals surface area contributed by atoms with Crippen molar-refractivity contribution >= 4 is 16.2 Å². The Labute approximate surface area is 131 Å². The first-order valence-corrected chi connectivity index (χ1v) is 9.39. The minimum atomic E-state index is -3.65. The van der Waals surface area contributed by atoms with Gasteiger partial charge in [-0.05, 0) is 25.2 Å². The Hall–Kier alpha value is -0.700. The van der Waals surface area contributed by atoms with Crippen LogP contribution < -0.4 is 0 Å². The van der Waals surface area contributed by atoms with Crippen molar-refractivity contribution in [3.63, 3.8) is 0 Å². The summed E-state index contributed by atoms with van der Waals surface area (Å²) >= 11 is 0. The Morgan fingerprint density at radius 1 is 1.18 bits per heavy atom. The van der Waals surface area contributed by atoms with Crippen LogP contribution in [0.25, 0.3) is 0 Å². The molecule has 126 valence electrons. The van der Waals surface area contributed by atoms with Crippen LogP contribution in [0.3, 0.4) is 0 Å². The summed E-state index contributed by atoms with van der Waals surface area (Å²) in [7, 11) is -2.33. The first kappa shape index (κ1) is 16.2. The second-order valence-electron chi connectivity index (χ2n) is 6.24. The molecule has 3 aliphatic rings. The molecular formula is C14H24N2O5S. The smallest absolute Gasteiger partial charge is 0.324 e. The highest BCUT2D eigenvalue weighted by Gasteiger charge is 2.52. The molecular weight excluding hydrogens is 308 g/mol. The highest BCUT2D eigenvalue weighted by molar-refractivity contribution is 7.86. The second-order valence-corrected chi connectivity index (χ2v) is 8.07. The molecule has 3 atom stereocenters. The zero-order chi connectivity index (χ0) is 15.7. The van der Waals surface area contributed by atoms with Crippen molar-refractivity contribution in [1.29, 1.82) is 0 Å². The standard InChI is InChI=1S/C14H24N2O5S/c1-20-14(17)13-10-11-4-2-3-5-12(11)16(13)22(18,19)15-6-8-21-9-7-15/h11-13H,2-10H2,1H3/t11-,12-,13+/m1/s1. The third-order valence-corrected chi connectivity index (χ3v) is 7.14. The fourth-order valence-electron chi connectivity index (χ4n) is 4.00. The molecule has 8 heteroatoms. The Balaban J connectivity index is 1.90. The Morgan fingerprint density at radius 3 is 2.55 bits per heavy atom. The predicted molar refractivity (Wildman–Crippen MR) is 79.3 cm³/mol. The van der Waals surface area contributed by atoms with Crippen LogP contribution in [0.15, 0.2) is 0 Å². The number of carbonyl (C=O) groups is 1. The number of fused-ring (bicyclic) bond motifs is 1. The maximum Gasteiger partial charge on any atom is 0.324 e. The van der Waals surface area contributed by atoms with Gasteiger partial charge in [0.1, 0.15) is 6.04 Å². The minimum Gasteiger partial charge on any atom is -0.468 e. The molecule has 3 fully saturated rings. The van der Waals surface area contributed by atoms with E-state index in [9.17, 15) is 13.2 Å². The van der Waals surface area contributed by atoms with Gasteiger partial charge in [-0.15, -0.1) is 0 Å². The molecule has 0 bridgehead atoms. The van der Waals surface area contributed by atoms with Crippen LogP contribution in [-0.2, 0) is 24.5 Å². The lowest BCUT2D eigenvalue weighted by Gasteiger charge is -2.37. The molecule has 7 nitrogen and oxygen atoms in total. The first-order chi connectivity index (χ1) is 10.6. The summed E-state index contributed by atoms with van der Waals surface area (Å²) in [5.74, 6) is -0.167. The van der Waals surface area contributed by atoms with Gasteiger partial charge in [-0.1, -0.05) is 12.8 Å². The molecule has 0 aromatic carbocycles. The van der Waals surface area contributed by atoms with E-state index >= 15 is 0 Å². The van der Waals surface area contributed by atoms with Gasteiger partial charge in [0.15, 0.2) is 0 Å². The van der Waals surface area contributed by atoms with E-state index in [2.05, 4.69) is 0 Å². The van der Waals surface area contributed by atoms with Gasteiger partial charge in [-0.25, -0.2) is 0 Å². The van der Waals surface area contributed by atoms with Crippen LogP contribution in [0.1, 0.15) is 32.1 Å². The fraction of sp³-hybridized carbons (Fsp3) is 0.929. The molecule has 3 rings (SSSR count). The number of hydrogen-bond acceptors (Lipinski definition) is 5. The molecule has 0 radical (unpaired) electrons. The summed E-state index contributed by atoms with van der Waals surface area (Å²) in [5, 5.41) is 0.